The molecule has 0 radical (unpaired) electrons. The van der Waals surface area contributed by atoms with Crippen LogP contribution in [0.2, 0.25) is 0 Å². The molecule has 0 aliphatic heterocycles. The van der Waals surface area contributed by atoms with Gasteiger partial charge in [-0.25, -0.2) is 5.48 Å². The fourth-order valence-electron chi connectivity index (χ4n) is 0.882. The molecule has 0 aliphatic rings. The van der Waals surface area contributed by atoms with Gasteiger partial charge < -0.3 is 0 Å². The molecule has 72 valence electrons. The molecule has 0 aliphatic carbocycles. The highest BCUT2D eigenvalue weighted by Crippen LogP contribution is 1.98. The first-order valence-corrected chi connectivity index (χ1v) is 4.14. The normalized spacial score (nSPS) is 9.07. The lowest BCUT2D eigenvalue weighted by Crippen LogP contribution is -2.22. The Bertz CT molecular complexity index is 330. The average Bonchev–Trinajstić information content (AvgIpc) is 2.20. The largest absolute Gasteiger partial charge is 0.272 e. The molecule has 0 saturated heterocycles. The second kappa shape index (κ2) is 5.73. The van der Waals surface area contributed by atoms with E-state index in [4.69, 9.17) is 10.1 Å². The van der Waals surface area contributed by atoms with E-state index in [0.29, 0.717) is 6.61 Å². The van der Waals surface area contributed by atoms with E-state index in [0.717, 1.165) is 5.56 Å². The third-order valence-corrected chi connectivity index (χ3v) is 1.51. The van der Waals surface area contributed by atoms with Gasteiger partial charge in [0.05, 0.1) is 12.7 Å². The number of nitrogens with zero attached hydrogens (tertiary/aromatic N) is 1. The molecule has 0 bridgehead atoms. The van der Waals surface area contributed by atoms with E-state index in [1.165, 1.54) is 0 Å². The number of amides is 1. The van der Waals surface area contributed by atoms with E-state index in [1.54, 1.807) is 6.07 Å². The van der Waals surface area contributed by atoms with Crippen molar-refractivity contribution >= 4 is 5.91 Å². The van der Waals surface area contributed by atoms with Crippen molar-refractivity contribution in [3.8, 4) is 6.07 Å². The van der Waals surface area contributed by atoms with Crippen LogP contribution in [0.3, 0.4) is 0 Å². The summed E-state index contributed by atoms with van der Waals surface area (Å²) in [5.74, 6) is -0.427. The van der Waals surface area contributed by atoms with Gasteiger partial charge >= 0.3 is 0 Å². The maximum absolute atomic E-state index is 10.8. The first-order chi connectivity index (χ1) is 6.83. The first kappa shape index (κ1) is 10.2. The highest BCUT2D eigenvalue weighted by Gasteiger charge is 1.98. The molecule has 0 heterocycles. The lowest BCUT2D eigenvalue weighted by atomic mass is 10.2. The quantitative estimate of drug-likeness (QED) is 0.724. The van der Waals surface area contributed by atoms with Crippen LogP contribution in [-0.4, -0.2) is 5.91 Å². The van der Waals surface area contributed by atoms with Gasteiger partial charge in [-0.1, -0.05) is 30.3 Å². The minimum Gasteiger partial charge on any atom is -0.272 e. The number of hydrogen-bond donors (Lipinski definition) is 1. The Labute approximate surface area is 82.1 Å². The molecule has 1 aromatic carbocycles. The summed E-state index contributed by atoms with van der Waals surface area (Å²) in [6.45, 7) is 0.304. The van der Waals surface area contributed by atoms with Gasteiger partial charge in [-0.05, 0) is 5.56 Å². The van der Waals surface area contributed by atoms with Gasteiger partial charge in [-0.3, -0.25) is 9.63 Å². The monoisotopic (exact) mass is 190 g/mol. The van der Waals surface area contributed by atoms with Crippen LogP contribution >= 0.6 is 0 Å². The average molecular weight is 190 g/mol. The molecule has 0 spiro atoms. The zero-order valence-corrected chi connectivity index (χ0v) is 7.56. The Kier molecular flexibility index (Phi) is 4.18. The number of rotatable bonds is 4. The number of carbonyl (C=O) groups is 1. The minimum atomic E-state index is -0.427. The van der Waals surface area contributed by atoms with Gasteiger partial charge in [0.2, 0.25) is 0 Å². The summed E-state index contributed by atoms with van der Waals surface area (Å²) >= 11 is 0. The van der Waals surface area contributed by atoms with Gasteiger partial charge in [0, 0.05) is 0 Å². The van der Waals surface area contributed by atoms with Crippen LogP contribution in [0.5, 0.6) is 0 Å². The van der Waals surface area contributed by atoms with Crippen LogP contribution in [0.1, 0.15) is 12.0 Å². The van der Waals surface area contributed by atoms with Crippen molar-refractivity contribution in [2.45, 2.75) is 13.0 Å². The van der Waals surface area contributed by atoms with E-state index in [2.05, 4.69) is 5.48 Å². The van der Waals surface area contributed by atoms with Crippen LogP contribution < -0.4 is 5.48 Å². The van der Waals surface area contributed by atoms with E-state index in [9.17, 15) is 4.79 Å². The summed E-state index contributed by atoms with van der Waals surface area (Å²) in [7, 11) is 0. The fourth-order valence-corrected chi connectivity index (χ4v) is 0.882. The minimum absolute atomic E-state index is 0.186. The van der Waals surface area contributed by atoms with Crippen LogP contribution in [0.15, 0.2) is 30.3 Å². The summed E-state index contributed by atoms with van der Waals surface area (Å²) in [4.78, 5) is 15.7. The molecular formula is C10H10N2O2. The molecule has 0 aromatic heterocycles. The molecule has 0 atom stereocenters. The zero-order valence-electron chi connectivity index (χ0n) is 7.56. The lowest BCUT2D eigenvalue weighted by molar-refractivity contribution is -0.133. The van der Waals surface area contributed by atoms with Crippen LogP contribution in [0.4, 0.5) is 0 Å². The van der Waals surface area contributed by atoms with Crippen molar-refractivity contribution in [1.82, 2.24) is 5.48 Å². The Hall–Kier alpha value is -1.86. The summed E-state index contributed by atoms with van der Waals surface area (Å²) < 4.78 is 0. The zero-order chi connectivity index (χ0) is 10.2. The predicted molar refractivity (Wildman–Crippen MR) is 49.6 cm³/mol. The SMILES string of the molecule is N#CCC(=O)NOCc1ccccc1. The molecule has 0 unspecified atom stereocenters. The van der Waals surface area contributed by atoms with Gasteiger partial charge in [0.25, 0.3) is 5.91 Å². The maximum atomic E-state index is 10.8. The summed E-state index contributed by atoms with van der Waals surface area (Å²) in [5.41, 5.74) is 3.13. The maximum Gasteiger partial charge on any atom is 0.257 e. The smallest absolute Gasteiger partial charge is 0.257 e. The Morgan fingerprint density at radius 2 is 2.14 bits per heavy atom. The van der Waals surface area contributed by atoms with Crippen molar-refractivity contribution < 1.29 is 9.63 Å². The highest BCUT2D eigenvalue weighted by atomic mass is 16.6. The standard InChI is InChI=1S/C10H10N2O2/c11-7-6-10(13)12-14-8-9-4-2-1-3-5-9/h1-5H,6,8H2,(H,12,13). The molecule has 1 N–H and O–H groups in total. The van der Waals surface area contributed by atoms with Gasteiger partial charge in [-0.15, -0.1) is 0 Å². The van der Waals surface area contributed by atoms with Crippen molar-refractivity contribution in [2.24, 2.45) is 0 Å². The number of nitrogens with one attached hydrogen (secondary N) is 1. The van der Waals surface area contributed by atoms with Crippen molar-refractivity contribution in [3.63, 3.8) is 0 Å². The van der Waals surface area contributed by atoms with Gasteiger partial charge in [0.15, 0.2) is 0 Å². The van der Waals surface area contributed by atoms with Crippen molar-refractivity contribution in [2.75, 3.05) is 0 Å². The molecule has 4 nitrogen and oxygen atoms in total. The molecule has 0 saturated carbocycles. The summed E-state index contributed by atoms with van der Waals surface area (Å²) in [6, 6.07) is 11.2. The predicted octanol–water partition coefficient (Wildman–Crippen LogP) is 1.15. The second-order valence-electron chi connectivity index (χ2n) is 2.63. The number of carbonyl (C=O) groups excluding carboxylic acids is 1. The first-order valence-electron chi connectivity index (χ1n) is 4.14. The molecule has 1 rings (SSSR count). The van der Waals surface area contributed by atoms with Crippen molar-refractivity contribution in [1.29, 1.82) is 5.26 Å². The van der Waals surface area contributed by atoms with E-state index >= 15 is 0 Å². The Morgan fingerprint density at radius 3 is 2.79 bits per heavy atom. The van der Waals surface area contributed by atoms with E-state index in [-0.39, 0.29) is 6.42 Å². The topological polar surface area (TPSA) is 62.1 Å². The number of nitriles is 1. The fraction of sp³-hybridized carbons (Fsp3) is 0.200. The Balaban J connectivity index is 2.23. The number of benzene rings is 1. The van der Waals surface area contributed by atoms with Gasteiger partial charge in [-0.2, -0.15) is 5.26 Å². The summed E-state index contributed by atoms with van der Waals surface area (Å²) in [6.07, 6.45) is -0.186. The second-order valence-corrected chi connectivity index (χ2v) is 2.63. The van der Waals surface area contributed by atoms with Crippen LogP contribution in [0, 0.1) is 11.3 Å². The highest BCUT2D eigenvalue weighted by molar-refractivity contribution is 5.76. The van der Waals surface area contributed by atoms with Gasteiger partial charge in [0.1, 0.15) is 6.42 Å². The van der Waals surface area contributed by atoms with Crippen LogP contribution in [0.25, 0.3) is 0 Å². The van der Waals surface area contributed by atoms with E-state index < -0.39 is 5.91 Å². The molecule has 14 heavy (non-hydrogen) atoms. The Morgan fingerprint density at radius 1 is 1.43 bits per heavy atom. The molecular weight excluding hydrogens is 180 g/mol. The molecule has 1 amide bonds. The lowest BCUT2D eigenvalue weighted by Gasteiger charge is -2.03. The van der Waals surface area contributed by atoms with Crippen LogP contribution in [-0.2, 0) is 16.2 Å². The third kappa shape index (κ3) is 3.70. The molecule has 0 fully saturated rings. The third-order valence-electron chi connectivity index (χ3n) is 1.51. The van der Waals surface area contributed by atoms with Crippen molar-refractivity contribution in [3.05, 3.63) is 35.9 Å². The number of hydrogen-bond acceptors (Lipinski definition) is 3. The number of hydroxylamine groups is 1. The van der Waals surface area contributed by atoms with E-state index in [1.807, 2.05) is 30.3 Å². The summed E-state index contributed by atoms with van der Waals surface area (Å²) in [5, 5.41) is 8.19. The molecule has 1 aromatic rings. The molecule has 4 heteroatoms.